The summed E-state index contributed by atoms with van der Waals surface area (Å²) >= 11 is 0. The minimum absolute atomic E-state index is 0.188. The predicted octanol–water partition coefficient (Wildman–Crippen LogP) is 4.72. The maximum Gasteiger partial charge on any atom is 0.123 e. The van der Waals surface area contributed by atoms with Crippen molar-refractivity contribution in [2.24, 2.45) is 5.92 Å². The molecule has 1 aliphatic heterocycles. The number of nitrogens with zero attached hydrogens (tertiary/aromatic N) is 1. The van der Waals surface area contributed by atoms with Crippen LogP contribution >= 0.6 is 0 Å². The molecule has 2 aliphatic rings. The van der Waals surface area contributed by atoms with E-state index in [1.54, 1.807) is 12.1 Å². The summed E-state index contributed by atoms with van der Waals surface area (Å²) in [5.74, 6) is 0.906. The van der Waals surface area contributed by atoms with Crippen molar-refractivity contribution in [3.05, 3.63) is 59.2 Å². The number of hydrogen-bond donors (Lipinski definition) is 0. The Kier molecular flexibility index (Phi) is 3.82. The van der Waals surface area contributed by atoms with Gasteiger partial charge in [0.05, 0.1) is 0 Å². The van der Waals surface area contributed by atoms with Crippen molar-refractivity contribution in [1.29, 1.82) is 0 Å². The molecule has 3 heteroatoms. The second-order valence-corrected chi connectivity index (χ2v) is 6.72. The first-order valence-corrected chi connectivity index (χ1v) is 8.49. The third kappa shape index (κ3) is 2.74. The lowest BCUT2D eigenvalue weighted by Crippen LogP contribution is -2.17. The van der Waals surface area contributed by atoms with Crippen LogP contribution in [0.25, 0.3) is 11.8 Å². The molecule has 1 fully saturated rings. The summed E-state index contributed by atoms with van der Waals surface area (Å²) in [4.78, 5) is 0. The molecule has 1 saturated heterocycles. The van der Waals surface area contributed by atoms with Crippen LogP contribution in [-0.4, -0.2) is 17.8 Å². The fraction of sp³-hybridized carbons (Fsp3) is 0.400. The number of benzene rings is 1. The highest BCUT2D eigenvalue weighted by atomic mass is 19.1. The molecule has 0 amide bonds. The van der Waals surface area contributed by atoms with Crippen LogP contribution in [0.15, 0.2) is 36.4 Å². The number of aromatic nitrogens is 1. The zero-order valence-corrected chi connectivity index (χ0v) is 13.5. The minimum atomic E-state index is -0.188. The number of rotatable bonds is 2. The van der Waals surface area contributed by atoms with E-state index in [1.165, 1.54) is 17.0 Å². The first-order chi connectivity index (χ1) is 11.2. The van der Waals surface area contributed by atoms with Gasteiger partial charge >= 0.3 is 0 Å². The third-order valence-electron chi connectivity index (χ3n) is 5.00. The normalized spacial score (nSPS) is 21.4. The van der Waals surface area contributed by atoms with Gasteiger partial charge < -0.3 is 9.30 Å². The molecule has 0 spiro atoms. The molecule has 2 nitrogen and oxygen atoms in total. The molecular weight excluding hydrogens is 289 g/mol. The molecule has 120 valence electrons. The van der Waals surface area contributed by atoms with Gasteiger partial charge in [-0.15, -0.1) is 0 Å². The van der Waals surface area contributed by atoms with Gasteiger partial charge in [-0.1, -0.05) is 13.0 Å². The Hall–Kier alpha value is -1.87. The van der Waals surface area contributed by atoms with Gasteiger partial charge in [0.2, 0.25) is 0 Å². The van der Waals surface area contributed by atoms with Crippen molar-refractivity contribution in [3.8, 4) is 5.69 Å². The molecule has 23 heavy (non-hydrogen) atoms. The molecule has 1 atom stereocenters. The summed E-state index contributed by atoms with van der Waals surface area (Å²) in [5.41, 5.74) is 5.07. The number of fused-ring (bicyclic) bond motifs is 1. The first-order valence-electron chi connectivity index (χ1n) is 8.49. The van der Waals surface area contributed by atoms with Gasteiger partial charge in [-0.05, 0) is 67.2 Å². The summed E-state index contributed by atoms with van der Waals surface area (Å²) in [5, 5.41) is 0. The Morgan fingerprint density at radius 3 is 2.61 bits per heavy atom. The lowest BCUT2D eigenvalue weighted by molar-refractivity contribution is 0.0842. The van der Waals surface area contributed by atoms with E-state index in [0.29, 0.717) is 11.8 Å². The summed E-state index contributed by atoms with van der Waals surface area (Å²) in [6, 6.07) is 9.22. The van der Waals surface area contributed by atoms with Crippen molar-refractivity contribution in [3.63, 3.8) is 0 Å². The van der Waals surface area contributed by atoms with E-state index in [9.17, 15) is 4.39 Å². The Morgan fingerprint density at radius 1 is 1.13 bits per heavy atom. The van der Waals surface area contributed by atoms with Crippen LogP contribution in [0.5, 0.6) is 0 Å². The molecule has 2 aromatic rings. The van der Waals surface area contributed by atoms with Crippen molar-refractivity contribution in [2.45, 2.75) is 32.1 Å². The van der Waals surface area contributed by atoms with Gasteiger partial charge in [0.1, 0.15) is 5.82 Å². The first kappa shape index (κ1) is 14.7. The molecule has 2 heterocycles. The highest BCUT2D eigenvalue weighted by Crippen LogP contribution is 2.36. The maximum atomic E-state index is 13.3. The van der Waals surface area contributed by atoms with E-state index in [4.69, 9.17) is 4.74 Å². The Balaban J connectivity index is 1.84. The van der Waals surface area contributed by atoms with Gasteiger partial charge in [0, 0.05) is 36.2 Å². The van der Waals surface area contributed by atoms with Crippen molar-refractivity contribution in [1.82, 2.24) is 4.57 Å². The van der Waals surface area contributed by atoms with Gasteiger partial charge in [0.25, 0.3) is 0 Å². The monoisotopic (exact) mass is 311 g/mol. The van der Waals surface area contributed by atoms with Crippen LogP contribution in [0.3, 0.4) is 0 Å². The second-order valence-electron chi connectivity index (χ2n) is 6.72. The fourth-order valence-electron chi connectivity index (χ4n) is 3.79. The third-order valence-corrected chi connectivity index (χ3v) is 5.00. The van der Waals surface area contributed by atoms with E-state index in [0.717, 1.165) is 38.2 Å². The van der Waals surface area contributed by atoms with Crippen molar-refractivity contribution in [2.75, 3.05) is 13.2 Å². The Labute approximate surface area is 136 Å². The zero-order valence-electron chi connectivity index (χ0n) is 13.5. The van der Waals surface area contributed by atoms with Crippen LogP contribution in [-0.2, 0) is 11.2 Å². The smallest absolute Gasteiger partial charge is 0.123 e. The van der Waals surface area contributed by atoms with Gasteiger partial charge in [-0.2, -0.15) is 0 Å². The van der Waals surface area contributed by atoms with Crippen LogP contribution < -0.4 is 0 Å². The lowest BCUT2D eigenvalue weighted by Gasteiger charge is -2.24. The second kappa shape index (κ2) is 5.97. The summed E-state index contributed by atoms with van der Waals surface area (Å²) in [6.07, 6.45) is 7.70. The van der Waals surface area contributed by atoms with E-state index in [2.05, 4.69) is 29.7 Å². The SMILES string of the molecule is CC1C=Cc2c(cc(C3CCOCC3)n2-c2ccc(F)cc2)C1. The zero-order chi connectivity index (χ0) is 15.8. The highest BCUT2D eigenvalue weighted by Gasteiger charge is 2.25. The van der Waals surface area contributed by atoms with Crippen LogP contribution in [0.2, 0.25) is 0 Å². The summed E-state index contributed by atoms with van der Waals surface area (Å²) < 4.78 is 21.2. The maximum absolute atomic E-state index is 13.3. The van der Waals surface area contributed by atoms with Crippen molar-refractivity contribution < 1.29 is 9.13 Å². The molecule has 1 aromatic carbocycles. The molecule has 1 aromatic heterocycles. The van der Waals surface area contributed by atoms with Crippen LogP contribution in [0.4, 0.5) is 4.39 Å². The van der Waals surface area contributed by atoms with E-state index >= 15 is 0 Å². The molecule has 0 N–H and O–H groups in total. The predicted molar refractivity (Wildman–Crippen MR) is 90.4 cm³/mol. The lowest BCUT2D eigenvalue weighted by atomic mass is 9.93. The summed E-state index contributed by atoms with van der Waals surface area (Å²) in [6.45, 7) is 3.91. The molecule has 1 unspecified atom stereocenters. The minimum Gasteiger partial charge on any atom is -0.381 e. The molecular formula is C20H22FNO. The number of ether oxygens (including phenoxy) is 1. The van der Waals surface area contributed by atoms with E-state index < -0.39 is 0 Å². The molecule has 0 radical (unpaired) electrons. The van der Waals surface area contributed by atoms with E-state index in [-0.39, 0.29) is 5.82 Å². The average Bonchev–Trinajstić information content (AvgIpc) is 2.95. The molecule has 0 bridgehead atoms. The van der Waals surface area contributed by atoms with Crippen molar-refractivity contribution >= 4 is 6.08 Å². The Bertz CT molecular complexity index is 723. The van der Waals surface area contributed by atoms with E-state index in [1.807, 2.05) is 12.1 Å². The van der Waals surface area contributed by atoms with Crippen LogP contribution in [0, 0.1) is 11.7 Å². The highest BCUT2D eigenvalue weighted by molar-refractivity contribution is 5.59. The van der Waals surface area contributed by atoms with Gasteiger partial charge in [-0.3, -0.25) is 0 Å². The van der Waals surface area contributed by atoms with Crippen LogP contribution in [0.1, 0.15) is 42.6 Å². The topological polar surface area (TPSA) is 14.2 Å². The quantitative estimate of drug-likeness (QED) is 0.783. The standard InChI is InChI=1S/C20H22FNO/c1-14-2-7-19-16(12-14)13-20(15-8-10-23-11-9-15)22(19)18-5-3-17(21)4-6-18/h2-7,13-15H,8-12H2,1H3. The average molecular weight is 311 g/mol. The number of allylic oxidation sites excluding steroid dienone is 1. The molecule has 0 saturated carbocycles. The molecule has 4 rings (SSSR count). The number of halogens is 1. The molecule has 1 aliphatic carbocycles. The van der Waals surface area contributed by atoms with Gasteiger partial charge in [0.15, 0.2) is 0 Å². The largest absolute Gasteiger partial charge is 0.381 e. The Morgan fingerprint density at radius 2 is 1.87 bits per heavy atom. The summed E-state index contributed by atoms with van der Waals surface area (Å²) in [7, 11) is 0. The fourth-order valence-corrected chi connectivity index (χ4v) is 3.79. The number of hydrogen-bond acceptors (Lipinski definition) is 1. The van der Waals surface area contributed by atoms with Gasteiger partial charge in [-0.25, -0.2) is 4.39 Å².